The van der Waals surface area contributed by atoms with Gasteiger partial charge >= 0.3 is 0 Å². The third-order valence-corrected chi connectivity index (χ3v) is 5.14. The second-order valence-electron chi connectivity index (χ2n) is 6.10. The van der Waals surface area contributed by atoms with Crippen molar-refractivity contribution in [2.75, 3.05) is 0 Å². The maximum atomic E-state index is 9.35. The molecule has 1 heterocycles. The van der Waals surface area contributed by atoms with E-state index in [1.54, 1.807) is 6.20 Å². The molecule has 0 radical (unpaired) electrons. The summed E-state index contributed by atoms with van der Waals surface area (Å²) in [4.78, 5) is 9.31. The van der Waals surface area contributed by atoms with Crippen LogP contribution >= 0.6 is 0 Å². The van der Waals surface area contributed by atoms with Crippen molar-refractivity contribution in [3.8, 4) is 6.07 Å². The topological polar surface area (TPSA) is 49.6 Å². The summed E-state index contributed by atoms with van der Waals surface area (Å²) in [6.07, 6.45) is 5.67. The molecule has 20 heavy (non-hydrogen) atoms. The van der Waals surface area contributed by atoms with Crippen LogP contribution in [-0.4, -0.2) is 9.97 Å². The highest BCUT2D eigenvalue weighted by Gasteiger charge is 2.31. The standard InChI is InChI=1S/C17H27N3/c1-7-16(5,8-2)14-13(11-18)12-19-15(20-14)17(6,9-3)10-4/h12H,7-10H2,1-6H3. The van der Waals surface area contributed by atoms with Gasteiger partial charge in [-0.25, -0.2) is 9.97 Å². The lowest BCUT2D eigenvalue weighted by molar-refractivity contribution is 0.388. The van der Waals surface area contributed by atoms with Crippen LogP contribution < -0.4 is 0 Å². The summed E-state index contributed by atoms with van der Waals surface area (Å²) in [5.74, 6) is 0.879. The van der Waals surface area contributed by atoms with Gasteiger partial charge in [-0.3, -0.25) is 0 Å². The zero-order valence-corrected chi connectivity index (χ0v) is 13.7. The predicted molar refractivity (Wildman–Crippen MR) is 82.6 cm³/mol. The fourth-order valence-corrected chi connectivity index (χ4v) is 2.37. The Bertz CT molecular complexity index is 491. The van der Waals surface area contributed by atoms with Crippen LogP contribution in [0.3, 0.4) is 0 Å². The van der Waals surface area contributed by atoms with Crippen molar-refractivity contribution in [2.24, 2.45) is 0 Å². The van der Waals surface area contributed by atoms with Gasteiger partial charge in [0.05, 0.1) is 11.3 Å². The predicted octanol–water partition coefficient (Wildman–Crippen LogP) is 4.50. The second-order valence-corrected chi connectivity index (χ2v) is 6.10. The van der Waals surface area contributed by atoms with Crippen LogP contribution in [0.25, 0.3) is 0 Å². The van der Waals surface area contributed by atoms with E-state index in [4.69, 9.17) is 4.98 Å². The number of hydrogen-bond acceptors (Lipinski definition) is 3. The highest BCUT2D eigenvalue weighted by molar-refractivity contribution is 5.36. The molecule has 0 fully saturated rings. The molecule has 0 unspecified atom stereocenters. The average molecular weight is 273 g/mol. The van der Waals surface area contributed by atoms with Gasteiger partial charge < -0.3 is 0 Å². The Morgan fingerprint density at radius 1 is 1.00 bits per heavy atom. The van der Waals surface area contributed by atoms with Crippen LogP contribution in [0.2, 0.25) is 0 Å². The Balaban J connectivity index is 3.48. The van der Waals surface area contributed by atoms with E-state index in [0.29, 0.717) is 5.56 Å². The Kier molecular flexibility index (Phi) is 5.28. The molecule has 0 atom stereocenters. The molecule has 0 N–H and O–H groups in total. The van der Waals surface area contributed by atoms with Crippen molar-refractivity contribution in [3.05, 3.63) is 23.3 Å². The maximum Gasteiger partial charge on any atom is 0.134 e. The molecule has 3 nitrogen and oxygen atoms in total. The number of nitriles is 1. The van der Waals surface area contributed by atoms with Gasteiger partial charge in [0.25, 0.3) is 0 Å². The van der Waals surface area contributed by atoms with E-state index in [1.165, 1.54) is 0 Å². The Labute approximate surface area is 123 Å². The molecule has 0 bridgehead atoms. The molecule has 0 amide bonds. The van der Waals surface area contributed by atoms with Gasteiger partial charge in [-0.15, -0.1) is 0 Å². The van der Waals surface area contributed by atoms with Crippen molar-refractivity contribution >= 4 is 0 Å². The maximum absolute atomic E-state index is 9.35. The molecular formula is C17H27N3. The highest BCUT2D eigenvalue weighted by Crippen LogP contribution is 2.34. The number of hydrogen-bond donors (Lipinski definition) is 0. The second kappa shape index (κ2) is 6.35. The number of aromatic nitrogens is 2. The molecule has 0 saturated heterocycles. The minimum Gasteiger partial charge on any atom is -0.239 e. The van der Waals surface area contributed by atoms with E-state index in [-0.39, 0.29) is 10.8 Å². The first-order valence-corrected chi connectivity index (χ1v) is 7.68. The minimum atomic E-state index is -0.0505. The first-order valence-electron chi connectivity index (χ1n) is 7.68. The van der Waals surface area contributed by atoms with Crippen LogP contribution in [0.5, 0.6) is 0 Å². The van der Waals surface area contributed by atoms with E-state index in [2.05, 4.69) is 52.6 Å². The van der Waals surface area contributed by atoms with Gasteiger partial charge in [-0.2, -0.15) is 5.26 Å². The highest BCUT2D eigenvalue weighted by atomic mass is 14.9. The lowest BCUT2D eigenvalue weighted by Crippen LogP contribution is -2.28. The SMILES string of the molecule is CCC(C)(CC)c1ncc(C#N)c(C(C)(CC)CC)n1. The number of rotatable bonds is 6. The molecule has 3 heteroatoms. The quantitative estimate of drug-likeness (QED) is 0.766. The summed E-state index contributed by atoms with van der Waals surface area (Å²) in [6.45, 7) is 13.0. The Morgan fingerprint density at radius 2 is 1.50 bits per heavy atom. The van der Waals surface area contributed by atoms with E-state index in [0.717, 1.165) is 37.2 Å². The van der Waals surface area contributed by atoms with Crippen molar-refractivity contribution in [2.45, 2.75) is 78.1 Å². The fraction of sp³-hybridized carbons (Fsp3) is 0.706. The van der Waals surface area contributed by atoms with Crippen LogP contribution in [0.1, 0.15) is 84.3 Å². The molecule has 0 aromatic carbocycles. The van der Waals surface area contributed by atoms with Gasteiger partial charge in [0, 0.05) is 17.0 Å². The van der Waals surface area contributed by atoms with Crippen LogP contribution in [0.15, 0.2) is 6.20 Å². The molecule has 1 rings (SSSR count). The van der Waals surface area contributed by atoms with Gasteiger partial charge in [0.1, 0.15) is 11.9 Å². The zero-order chi connectivity index (χ0) is 15.4. The summed E-state index contributed by atoms with van der Waals surface area (Å²) in [5.41, 5.74) is 1.48. The molecule has 0 spiro atoms. The third-order valence-electron chi connectivity index (χ3n) is 5.14. The van der Waals surface area contributed by atoms with Gasteiger partial charge in [0.15, 0.2) is 0 Å². The van der Waals surface area contributed by atoms with E-state index in [1.807, 2.05) is 0 Å². The van der Waals surface area contributed by atoms with Gasteiger partial charge in [-0.1, -0.05) is 41.5 Å². The molecule has 0 aliphatic carbocycles. The van der Waals surface area contributed by atoms with Crippen molar-refractivity contribution < 1.29 is 0 Å². The molecule has 110 valence electrons. The van der Waals surface area contributed by atoms with E-state index in [9.17, 15) is 5.26 Å². The minimum absolute atomic E-state index is 0.00880. The first-order chi connectivity index (χ1) is 9.40. The lowest BCUT2D eigenvalue weighted by Gasteiger charge is -2.30. The van der Waals surface area contributed by atoms with Gasteiger partial charge in [-0.05, 0) is 25.7 Å². The van der Waals surface area contributed by atoms with Crippen LogP contribution in [0, 0.1) is 11.3 Å². The Hall–Kier alpha value is -1.43. The summed E-state index contributed by atoms with van der Waals surface area (Å²) in [5, 5.41) is 9.35. The van der Waals surface area contributed by atoms with Crippen molar-refractivity contribution in [3.63, 3.8) is 0 Å². The lowest BCUT2D eigenvalue weighted by atomic mass is 9.78. The zero-order valence-electron chi connectivity index (χ0n) is 13.7. The molecule has 1 aromatic heterocycles. The van der Waals surface area contributed by atoms with Gasteiger partial charge in [0.2, 0.25) is 0 Å². The molecule has 0 aliphatic heterocycles. The number of nitrogens with zero attached hydrogens (tertiary/aromatic N) is 3. The summed E-state index contributed by atoms with van der Waals surface area (Å²) in [6, 6.07) is 2.26. The first kappa shape index (κ1) is 16.6. The summed E-state index contributed by atoms with van der Waals surface area (Å²) < 4.78 is 0. The van der Waals surface area contributed by atoms with Crippen molar-refractivity contribution in [1.29, 1.82) is 5.26 Å². The average Bonchev–Trinajstić information content (AvgIpc) is 2.52. The fourth-order valence-electron chi connectivity index (χ4n) is 2.37. The van der Waals surface area contributed by atoms with E-state index < -0.39 is 0 Å². The van der Waals surface area contributed by atoms with Crippen molar-refractivity contribution in [1.82, 2.24) is 9.97 Å². The van der Waals surface area contributed by atoms with E-state index >= 15 is 0 Å². The Morgan fingerprint density at radius 3 is 1.90 bits per heavy atom. The smallest absolute Gasteiger partial charge is 0.134 e. The normalized spacial score (nSPS) is 12.2. The third kappa shape index (κ3) is 2.85. The van der Waals surface area contributed by atoms with Crippen LogP contribution in [0.4, 0.5) is 0 Å². The summed E-state index contributed by atoms with van der Waals surface area (Å²) in [7, 11) is 0. The molecule has 0 saturated carbocycles. The monoisotopic (exact) mass is 273 g/mol. The molecule has 1 aromatic rings. The van der Waals surface area contributed by atoms with Crippen LogP contribution in [-0.2, 0) is 10.8 Å². The summed E-state index contributed by atoms with van der Waals surface area (Å²) >= 11 is 0. The largest absolute Gasteiger partial charge is 0.239 e. The molecular weight excluding hydrogens is 246 g/mol. The molecule has 0 aliphatic rings.